The minimum atomic E-state index is -0.121. The molecule has 3 heterocycles. The number of rotatable bonds is 9. The van der Waals surface area contributed by atoms with Crippen molar-refractivity contribution in [2.24, 2.45) is 0 Å². The molecule has 0 N–H and O–H groups in total. The van der Waals surface area contributed by atoms with Crippen LogP contribution in [0.1, 0.15) is 19.2 Å². The van der Waals surface area contributed by atoms with Crippen LogP contribution in [0.5, 0.6) is 5.75 Å². The van der Waals surface area contributed by atoms with Crippen LogP contribution in [0.25, 0.3) is 28.0 Å². The first-order valence-corrected chi connectivity index (χ1v) is 12.3. The van der Waals surface area contributed by atoms with Crippen LogP contribution >= 0.6 is 11.8 Å². The summed E-state index contributed by atoms with van der Waals surface area (Å²) >= 11 is 1.52. The minimum absolute atomic E-state index is 0.121. The smallest absolute Gasteiger partial charge is 0.266 e. The molecule has 8 nitrogen and oxygen atoms in total. The Bertz CT molecular complexity index is 1500. The summed E-state index contributed by atoms with van der Waals surface area (Å²) in [6.45, 7) is 2.42. The molecule has 0 aliphatic heterocycles. The molecule has 0 fully saturated rings. The van der Waals surface area contributed by atoms with E-state index in [9.17, 15) is 4.79 Å². The van der Waals surface area contributed by atoms with Gasteiger partial charge in [-0.3, -0.25) is 14.3 Å². The van der Waals surface area contributed by atoms with Gasteiger partial charge in [-0.15, -0.1) is 0 Å². The summed E-state index contributed by atoms with van der Waals surface area (Å²) in [5, 5.41) is 5.24. The van der Waals surface area contributed by atoms with Crippen LogP contribution in [0, 0.1) is 0 Å². The molecule has 0 bridgehead atoms. The van der Waals surface area contributed by atoms with E-state index in [1.54, 1.807) is 23.0 Å². The third-order valence-electron chi connectivity index (χ3n) is 5.32. The molecule has 0 radical (unpaired) electrons. The molecule has 35 heavy (non-hydrogen) atoms. The van der Waals surface area contributed by atoms with E-state index in [2.05, 4.69) is 15.1 Å². The Morgan fingerprint density at radius 3 is 2.66 bits per heavy atom. The maximum Gasteiger partial charge on any atom is 0.266 e. The molecule has 9 heteroatoms. The van der Waals surface area contributed by atoms with Crippen LogP contribution in [0.3, 0.4) is 0 Å². The molecule has 0 atom stereocenters. The zero-order chi connectivity index (χ0) is 24.0. The molecule has 5 aromatic rings. The standard InChI is InChI=1S/C26H23N5O3S/c1-2-33-22-11-6-5-10-21(22)31-25(32)19-8-3-4-9-20(19)28-26(31)35-17-7-12-23-29-24(30-34-23)18-13-15-27-16-14-18/h3-6,8-11,13-16H,2,7,12,17H2,1H3. The molecule has 176 valence electrons. The number of pyridine rings is 1. The lowest BCUT2D eigenvalue weighted by atomic mass is 10.2. The first-order chi connectivity index (χ1) is 17.2. The van der Waals surface area contributed by atoms with E-state index in [1.807, 2.05) is 61.5 Å². The third-order valence-corrected chi connectivity index (χ3v) is 6.35. The number of thioether (sulfide) groups is 1. The largest absolute Gasteiger partial charge is 0.492 e. The van der Waals surface area contributed by atoms with E-state index >= 15 is 0 Å². The predicted molar refractivity (Wildman–Crippen MR) is 135 cm³/mol. The predicted octanol–water partition coefficient (Wildman–Crippen LogP) is 4.95. The summed E-state index contributed by atoms with van der Waals surface area (Å²) in [6, 6.07) is 18.6. The molecule has 2 aromatic carbocycles. The average molecular weight is 486 g/mol. The molecule has 0 aliphatic carbocycles. The first kappa shape index (κ1) is 22.8. The number of fused-ring (bicyclic) bond motifs is 1. The van der Waals surface area contributed by atoms with Crippen molar-refractivity contribution in [3.05, 3.63) is 89.3 Å². The Morgan fingerprint density at radius 1 is 1.00 bits per heavy atom. The van der Waals surface area contributed by atoms with Gasteiger partial charge in [-0.25, -0.2) is 4.98 Å². The van der Waals surface area contributed by atoms with Gasteiger partial charge >= 0.3 is 0 Å². The van der Waals surface area contributed by atoms with Crippen molar-refractivity contribution in [1.29, 1.82) is 0 Å². The van der Waals surface area contributed by atoms with E-state index in [4.69, 9.17) is 14.2 Å². The average Bonchev–Trinajstić information content (AvgIpc) is 3.37. The second kappa shape index (κ2) is 10.5. The monoisotopic (exact) mass is 485 g/mol. The molecule has 5 rings (SSSR count). The fourth-order valence-electron chi connectivity index (χ4n) is 3.70. The summed E-state index contributed by atoms with van der Waals surface area (Å²) in [5.41, 5.74) is 2.09. The number of benzene rings is 2. The number of aromatic nitrogens is 5. The van der Waals surface area contributed by atoms with Gasteiger partial charge in [0.05, 0.1) is 23.2 Å². The lowest BCUT2D eigenvalue weighted by Gasteiger charge is -2.16. The van der Waals surface area contributed by atoms with Crippen molar-refractivity contribution in [2.75, 3.05) is 12.4 Å². The zero-order valence-electron chi connectivity index (χ0n) is 19.1. The Morgan fingerprint density at radius 2 is 1.80 bits per heavy atom. The SMILES string of the molecule is CCOc1ccccc1-n1c(SCCCc2nc(-c3ccncc3)no2)nc2ccccc2c1=O. The fraction of sp³-hybridized carbons (Fsp3) is 0.192. The Kier molecular flexibility index (Phi) is 6.85. The Labute approximate surface area is 206 Å². The van der Waals surface area contributed by atoms with E-state index in [0.717, 1.165) is 12.0 Å². The maximum absolute atomic E-state index is 13.5. The zero-order valence-corrected chi connectivity index (χ0v) is 19.9. The minimum Gasteiger partial charge on any atom is -0.492 e. The summed E-state index contributed by atoms with van der Waals surface area (Å²) in [6.07, 6.45) is 4.79. The number of aryl methyl sites for hydroxylation is 1. The van der Waals surface area contributed by atoms with Crippen molar-refractivity contribution in [3.63, 3.8) is 0 Å². The van der Waals surface area contributed by atoms with Gasteiger partial charge in [0.25, 0.3) is 5.56 Å². The normalized spacial score (nSPS) is 11.1. The highest BCUT2D eigenvalue weighted by atomic mass is 32.2. The highest BCUT2D eigenvalue weighted by Gasteiger charge is 2.16. The van der Waals surface area contributed by atoms with Crippen molar-refractivity contribution in [3.8, 4) is 22.8 Å². The van der Waals surface area contributed by atoms with Crippen LogP contribution in [0.4, 0.5) is 0 Å². The van der Waals surface area contributed by atoms with Crippen LogP contribution in [-0.2, 0) is 6.42 Å². The maximum atomic E-state index is 13.5. The van der Waals surface area contributed by atoms with Crippen molar-refractivity contribution < 1.29 is 9.26 Å². The van der Waals surface area contributed by atoms with Gasteiger partial charge < -0.3 is 9.26 Å². The Balaban J connectivity index is 1.38. The number of hydrogen-bond donors (Lipinski definition) is 0. The molecular weight excluding hydrogens is 462 g/mol. The number of ether oxygens (including phenoxy) is 1. The molecule has 0 saturated heterocycles. The molecule has 0 aliphatic rings. The molecule has 0 amide bonds. The van der Waals surface area contributed by atoms with Crippen LogP contribution < -0.4 is 10.3 Å². The van der Waals surface area contributed by atoms with Gasteiger partial charge in [0.1, 0.15) is 5.75 Å². The summed E-state index contributed by atoms with van der Waals surface area (Å²) in [5.74, 6) is 2.48. The van der Waals surface area contributed by atoms with Crippen LogP contribution in [-0.4, -0.2) is 37.0 Å². The first-order valence-electron chi connectivity index (χ1n) is 11.3. The highest BCUT2D eigenvalue weighted by molar-refractivity contribution is 7.99. The van der Waals surface area contributed by atoms with Gasteiger partial charge in [-0.05, 0) is 49.7 Å². The summed E-state index contributed by atoms with van der Waals surface area (Å²) in [4.78, 5) is 26.8. The van der Waals surface area contributed by atoms with Crippen molar-refractivity contribution >= 4 is 22.7 Å². The van der Waals surface area contributed by atoms with Gasteiger partial charge in [0, 0.05) is 30.1 Å². The van der Waals surface area contributed by atoms with Crippen molar-refractivity contribution in [2.45, 2.75) is 24.9 Å². The second-order valence-electron chi connectivity index (χ2n) is 7.65. The van der Waals surface area contributed by atoms with Crippen molar-refractivity contribution in [1.82, 2.24) is 24.7 Å². The van der Waals surface area contributed by atoms with E-state index < -0.39 is 0 Å². The Hall–Kier alpha value is -3.98. The third kappa shape index (κ3) is 4.95. The lowest BCUT2D eigenvalue weighted by Crippen LogP contribution is -2.22. The highest BCUT2D eigenvalue weighted by Crippen LogP contribution is 2.28. The van der Waals surface area contributed by atoms with Crippen LogP contribution in [0.2, 0.25) is 0 Å². The number of nitrogens with zero attached hydrogens (tertiary/aromatic N) is 5. The summed E-state index contributed by atoms with van der Waals surface area (Å²) in [7, 11) is 0. The molecule has 0 spiro atoms. The summed E-state index contributed by atoms with van der Waals surface area (Å²) < 4.78 is 12.9. The van der Waals surface area contributed by atoms with E-state index in [-0.39, 0.29) is 5.56 Å². The number of hydrogen-bond acceptors (Lipinski definition) is 8. The topological polar surface area (TPSA) is 95.9 Å². The van der Waals surface area contributed by atoms with Gasteiger partial charge in [-0.2, -0.15) is 4.98 Å². The van der Waals surface area contributed by atoms with Gasteiger partial charge in [0.15, 0.2) is 5.16 Å². The number of para-hydroxylation sites is 3. The fourth-order valence-corrected chi connectivity index (χ4v) is 4.65. The van der Waals surface area contributed by atoms with Gasteiger partial charge in [0.2, 0.25) is 11.7 Å². The van der Waals surface area contributed by atoms with E-state index in [1.165, 1.54) is 11.8 Å². The quantitative estimate of drug-likeness (QED) is 0.164. The van der Waals surface area contributed by atoms with Gasteiger partial charge in [-0.1, -0.05) is 41.2 Å². The molecule has 0 saturated carbocycles. The van der Waals surface area contributed by atoms with Crippen LogP contribution in [0.15, 0.2) is 87.5 Å². The molecular formula is C26H23N5O3S. The second-order valence-corrected chi connectivity index (χ2v) is 8.71. The molecule has 3 aromatic heterocycles. The molecule has 0 unspecified atom stereocenters. The lowest BCUT2D eigenvalue weighted by molar-refractivity contribution is 0.338. The van der Waals surface area contributed by atoms with E-state index in [0.29, 0.717) is 58.0 Å².